The second kappa shape index (κ2) is 21.5. The molecule has 0 heterocycles. The van der Waals surface area contributed by atoms with E-state index in [1.807, 2.05) is 0 Å². The summed E-state index contributed by atoms with van der Waals surface area (Å²) in [5.41, 5.74) is 17.0. The van der Waals surface area contributed by atoms with Crippen LogP contribution >= 0.6 is 0 Å². The first-order valence-corrected chi connectivity index (χ1v) is 27.6. The highest BCUT2D eigenvalue weighted by Crippen LogP contribution is 2.50. The van der Waals surface area contributed by atoms with Crippen molar-refractivity contribution in [2.75, 3.05) is 9.80 Å². The van der Waals surface area contributed by atoms with Crippen molar-refractivity contribution >= 4 is 44.9 Å². The first-order valence-electron chi connectivity index (χ1n) is 27.6. The highest BCUT2D eigenvalue weighted by atomic mass is 15.2. The van der Waals surface area contributed by atoms with Gasteiger partial charge < -0.3 is 9.80 Å². The van der Waals surface area contributed by atoms with Crippen LogP contribution in [0.3, 0.4) is 0 Å². The van der Waals surface area contributed by atoms with Gasteiger partial charge in [-0.15, -0.1) is 0 Å². The monoisotopic (exact) mass is 933 g/mol. The van der Waals surface area contributed by atoms with Crippen molar-refractivity contribution in [1.29, 1.82) is 0 Å². The summed E-state index contributed by atoms with van der Waals surface area (Å²) in [6, 6.07) is 72.9. The highest BCUT2D eigenvalue weighted by molar-refractivity contribution is 6.07. The normalized spacial score (nSPS) is 15.5. The molecule has 10 rings (SSSR count). The average Bonchev–Trinajstić information content (AvgIpc) is 3.44. The van der Waals surface area contributed by atoms with Crippen molar-refractivity contribution in [3.8, 4) is 0 Å². The zero-order valence-electron chi connectivity index (χ0n) is 43.3. The van der Waals surface area contributed by atoms with Crippen LogP contribution in [0.4, 0.5) is 34.1 Å². The first kappa shape index (κ1) is 48.3. The van der Waals surface area contributed by atoms with E-state index in [1.54, 1.807) is 0 Å². The zero-order chi connectivity index (χ0) is 48.8. The predicted molar refractivity (Wildman–Crippen MR) is 305 cm³/mol. The molecule has 0 aliphatic heterocycles. The number of aryl methyl sites for hydroxylation is 1. The van der Waals surface area contributed by atoms with Crippen LogP contribution in [0.2, 0.25) is 0 Å². The van der Waals surface area contributed by atoms with Crippen LogP contribution in [0.5, 0.6) is 0 Å². The molecule has 0 N–H and O–H groups in total. The summed E-state index contributed by atoms with van der Waals surface area (Å²) in [6.45, 7) is 11.5. The summed E-state index contributed by atoms with van der Waals surface area (Å²) in [5, 5.41) is 2.47. The maximum Gasteiger partial charge on any atom is 0.0543 e. The Bertz CT molecular complexity index is 2950. The molecule has 2 aliphatic rings. The van der Waals surface area contributed by atoms with E-state index in [-0.39, 0.29) is 10.8 Å². The number of benzene rings is 8. The summed E-state index contributed by atoms with van der Waals surface area (Å²) in [4.78, 5) is 5.06. The summed E-state index contributed by atoms with van der Waals surface area (Å²) in [7, 11) is 0. The molecule has 0 bridgehead atoms. The van der Waals surface area contributed by atoms with Gasteiger partial charge >= 0.3 is 0 Å². The van der Waals surface area contributed by atoms with Gasteiger partial charge in [-0.25, -0.2) is 0 Å². The fourth-order valence-corrected chi connectivity index (χ4v) is 13.2. The minimum atomic E-state index is 0.0388. The van der Waals surface area contributed by atoms with Gasteiger partial charge in [-0.05, 0) is 176 Å². The van der Waals surface area contributed by atoms with Crippen LogP contribution < -0.4 is 9.80 Å². The lowest BCUT2D eigenvalue weighted by Gasteiger charge is -2.39. The number of hydrogen-bond acceptors (Lipinski definition) is 2. The number of rotatable bonds is 16. The third-order valence-corrected chi connectivity index (χ3v) is 17.2. The van der Waals surface area contributed by atoms with E-state index < -0.39 is 0 Å². The molecular formula is C69H76N2. The quantitative estimate of drug-likeness (QED) is 0.0953. The van der Waals surface area contributed by atoms with Gasteiger partial charge in [0.05, 0.1) is 11.4 Å². The Labute approximate surface area is 426 Å². The molecule has 362 valence electrons. The Morgan fingerprint density at radius 3 is 1.11 bits per heavy atom. The predicted octanol–water partition coefficient (Wildman–Crippen LogP) is 20.4. The minimum absolute atomic E-state index is 0.0388. The zero-order valence-corrected chi connectivity index (χ0v) is 43.3. The summed E-state index contributed by atoms with van der Waals surface area (Å²) < 4.78 is 0. The molecule has 2 heteroatoms. The fourth-order valence-electron chi connectivity index (χ4n) is 13.2. The van der Waals surface area contributed by atoms with E-state index in [0.29, 0.717) is 11.8 Å². The van der Waals surface area contributed by atoms with E-state index in [0.717, 1.165) is 25.7 Å². The third kappa shape index (κ3) is 9.48. The Hall–Kier alpha value is -6.38. The van der Waals surface area contributed by atoms with E-state index >= 15 is 0 Å². The molecule has 2 nitrogen and oxygen atoms in total. The molecular weight excluding hydrogens is 857 g/mol. The third-order valence-electron chi connectivity index (χ3n) is 17.2. The van der Waals surface area contributed by atoms with Gasteiger partial charge in [-0.1, -0.05) is 188 Å². The van der Waals surface area contributed by atoms with Crippen molar-refractivity contribution in [2.45, 2.75) is 147 Å². The molecule has 0 saturated heterocycles. The van der Waals surface area contributed by atoms with Gasteiger partial charge in [0, 0.05) is 44.4 Å². The SMILES string of the molecule is CCC(CC)c1ccc(N(c2ccc(C3(c4ccccc4)CCCCC3)cc2)c2cc(C)cc3c(N(c4ccc(C(CC)CC)cc4)c4ccc(C5(c6ccccc6)CCCCC5)cc4)cccc23)cc1. The molecule has 0 aromatic heterocycles. The molecule has 2 saturated carbocycles. The Morgan fingerprint density at radius 2 is 0.718 bits per heavy atom. The lowest BCUT2D eigenvalue weighted by Crippen LogP contribution is -2.30. The van der Waals surface area contributed by atoms with Crippen LogP contribution in [0.1, 0.15) is 168 Å². The molecule has 0 atom stereocenters. The first-order chi connectivity index (χ1) is 34.9. The van der Waals surface area contributed by atoms with Crippen molar-refractivity contribution in [1.82, 2.24) is 0 Å². The van der Waals surface area contributed by atoms with Crippen molar-refractivity contribution in [3.63, 3.8) is 0 Å². The molecule has 0 amide bonds. The Kier molecular flexibility index (Phi) is 14.6. The summed E-state index contributed by atoms with van der Waals surface area (Å²) in [5.74, 6) is 1.11. The van der Waals surface area contributed by atoms with Crippen molar-refractivity contribution in [3.05, 3.63) is 227 Å². The lowest BCUT2D eigenvalue weighted by molar-refractivity contribution is 0.346. The lowest BCUT2D eigenvalue weighted by atomic mass is 9.65. The van der Waals surface area contributed by atoms with Gasteiger partial charge in [0.1, 0.15) is 0 Å². The van der Waals surface area contributed by atoms with Crippen molar-refractivity contribution < 1.29 is 0 Å². The van der Waals surface area contributed by atoms with E-state index in [1.165, 1.54) is 148 Å². The smallest absolute Gasteiger partial charge is 0.0543 e. The number of hydrogen-bond donors (Lipinski definition) is 0. The van der Waals surface area contributed by atoms with Gasteiger partial charge in [0.15, 0.2) is 0 Å². The maximum atomic E-state index is 2.53. The van der Waals surface area contributed by atoms with Gasteiger partial charge in [-0.3, -0.25) is 0 Å². The molecule has 71 heavy (non-hydrogen) atoms. The Balaban J connectivity index is 1.13. The topological polar surface area (TPSA) is 6.48 Å². The molecule has 0 radical (unpaired) electrons. The highest BCUT2D eigenvalue weighted by Gasteiger charge is 2.37. The fraction of sp³-hybridized carbons (Fsp3) is 0.333. The second-order valence-corrected chi connectivity index (χ2v) is 21.1. The molecule has 2 fully saturated rings. The second-order valence-electron chi connectivity index (χ2n) is 21.1. The molecule has 8 aromatic carbocycles. The van der Waals surface area contributed by atoms with Crippen LogP contribution in [0, 0.1) is 6.92 Å². The summed E-state index contributed by atoms with van der Waals surface area (Å²) >= 11 is 0. The van der Waals surface area contributed by atoms with E-state index in [9.17, 15) is 0 Å². The maximum absolute atomic E-state index is 2.53. The van der Waals surface area contributed by atoms with E-state index in [4.69, 9.17) is 0 Å². The van der Waals surface area contributed by atoms with Gasteiger partial charge in [0.25, 0.3) is 0 Å². The Morgan fingerprint density at radius 1 is 0.352 bits per heavy atom. The van der Waals surface area contributed by atoms with E-state index in [2.05, 4.69) is 232 Å². The van der Waals surface area contributed by atoms with Crippen LogP contribution in [0.15, 0.2) is 188 Å². The van der Waals surface area contributed by atoms with Crippen LogP contribution in [-0.2, 0) is 10.8 Å². The largest absolute Gasteiger partial charge is 0.310 e. The van der Waals surface area contributed by atoms with Crippen LogP contribution in [0.25, 0.3) is 10.8 Å². The molecule has 2 aliphatic carbocycles. The standard InChI is InChI=1S/C69H76N2/c1-6-52(7-2)54-29-37-60(38-30-54)70(62-41-33-58(34-42-62)68(45-18-12-19-46-68)56-23-14-10-15-24-56)66-28-22-27-64-65(66)49-51(5)50-67(64)71(61-39-31-55(32-40-61)53(8-3)9-4)63-43-35-59(36-44-63)69(47-20-13-21-48-69)57-25-16-11-17-26-57/h10-11,14-17,22-44,49-50,52-53H,6-9,12-13,18-21,45-48H2,1-5H3. The van der Waals surface area contributed by atoms with Crippen molar-refractivity contribution in [2.24, 2.45) is 0 Å². The average molecular weight is 933 g/mol. The molecule has 0 unspecified atom stereocenters. The number of fused-ring (bicyclic) bond motifs is 1. The number of anilines is 6. The van der Waals surface area contributed by atoms with Gasteiger partial charge in [0.2, 0.25) is 0 Å². The number of nitrogens with zero attached hydrogens (tertiary/aromatic N) is 2. The summed E-state index contributed by atoms with van der Waals surface area (Å²) in [6.07, 6.45) is 17.0. The minimum Gasteiger partial charge on any atom is -0.310 e. The van der Waals surface area contributed by atoms with Gasteiger partial charge in [-0.2, -0.15) is 0 Å². The van der Waals surface area contributed by atoms with Crippen LogP contribution in [-0.4, -0.2) is 0 Å². The molecule has 0 spiro atoms. The molecule has 8 aromatic rings.